The highest BCUT2D eigenvalue weighted by Gasteiger charge is 2.15. The van der Waals surface area contributed by atoms with Crippen LogP contribution in [0, 0.1) is 11.6 Å². The highest BCUT2D eigenvalue weighted by atomic mass is 79.9. The van der Waals surface area contributed by atoms with Crippen LogP contribution in [0.5, 0.6) is 0 Å². The van der Waals surface area contributed by atoms with Gasteiger partial charge in [-0.1, -0.05) is 31.9 Å². The molecule has 4 nitrogen and oxygen atoms in total. The number of carbonyl (C=O) groups is 2. The maximum absolute atomic E-state index is 13.4. The average Bonchev–Trinajstić information content (AvgIpc) is 3.19. The lowest BCUT2D eigenvalue weighted by Gasteiger charge is -2.10. The molecule has 8 heteroatoms. The number of benzene rings is 2. The highest BCUT2D eigenvalue weighted by Crippen LogP contribution is 2.18. The van der Waals surface area contributed by atoms with Crippen molar-refractivity contribution in [3.63, 3.8) is 0 Å². The van der Waals surface area contributed by atoms with E-state index in [1.165, 1.54) is 29.2 Å². The third-order valence-corrected chi connectivity index (χ3v) is 4.57. The van der Waals surface area contributed by atoms with Gasteiger partial charge in [0.25, 0.3) is 5.91 Å². The van der Waals surface area contributed by atoms with Crippen molar-refractivity contribution < 1.29 is 18.4 Å². The Labute approximate surface area is 177 Å². The molecule has 0 bridgehead atoms. The van der Waals surface area contributed by atoms with Crippen molar-refractivity contribution in [1.29, 1.82) is 0 Å². The van der Waals surface area contributed by atoms with Crippen molar-refractivity contribution in [1.82, 2.24) is 9.88 Å². The van der Waals surface area contributed by atoms with Gasteiger partial charge in [-0.2, -0.15) is 0 Å². The van der Waals surface area contributed by atoms with Crippen molar-refractivity contribution in [3.8, 4) is 0 Å². The van der Waals surface area contributed by atoms with Gasteiger partial charge in [0.15, 0.2) is 0 Å². The van der Waals surface area contributed by atoms with Gasteiger partial charge in [0, 0.05) is 29.2 Å². The zero-order chi connectivity index (χ0) is 20.8. The van der Waals surface area contributed by atoms with Crippen LogP contribution >= 0.6 is 31.9 Å². The number of hydrogen-bond donors (Lipinski definition) is 1. The number of hydrogen-bond acceptors (Lipinski definition) is 2. The normalized spacial score (nSPS) is 10.1. The van der Waals surface area contributed by atoms with Gasteiger partial charge in [0.1, 0.15) is 11.6 Å². The van der Waals surface area contributed by atoms with Gasteiger partial charge in [-0.15, -0.1) is 0 Å². The third kappa shape index (κ3) is 5.59. The van der Waals surface area contributed by atoms with Gasteiger partial charge in [-0.25, -0.2) is 8.78 Å². The number of ketones is 1. The summed E-state index contributed by atoms with van der Waals surface area (Å²) in [5.41, 5.74) is 0.526. The van der Waals surface area contributed by atoms with E-state index < -0.39 is 11.6 Å². The van der Waals surface area contributed by atoms with E-state index in [4.69, 9.17) is 0 Å². The molecule has 1 amide bonds. The molecule has 0 radical (unpaired) electrons. The predicted octanol–water partition coefficient (Wildman–Crippen LogP) is 5.44. The molecule has 0 aliphatic heterocycles. The maximum Gasteiger partial charge on any atom is 0.256 e. The Morgan fingerprint density at radius 2 is 1.43 bits per heavy atom. The molecule has 3 aromatic rings. The summed E-state index contributed by atoms with van der Waals surface area (Å²) in [6, 6.07) is 11.9. The standard InChI is InChI=1S/C11H7BrFNO.C9H9BrFNO/c12-7-3-4-9(13)8(6-7)11(15)10-2-1-5-14-10;1-12(2)9(13)7-5-6(10)3-4-8(7)11/h1-6,14H;3-5H,1-2H3. The van der Waals surface area contributed by atoms with Gasteiger partial charge in [-0.05, 0) is 48.5 Å². The van der Waals surface area contributed by atoms with E-state index in [-0.39, 0.29) is 22.8 Å². The minimum atomic E-state index is -0.516. The van der Waals surface area contributed by atoms with Crippen LogP contribution in [0.2, 0.25) is 0 Å². The van der Waals surface area contributed by atoms with Crippen LogP contribution in [0.4, 0.5) is 8.78 Å². The summed E-state index contributed by atoms with van der Waals surface area (Å²) < 4.78 is 27.8. The lowest BCUT2D eigenvalue weighted by atomic mass is 10.1. The van der Waals surface area contributed by atoms with E-state index in [1.807, 2.05) is 0 Å². The van der Waals surface area contributed by atoms with E-state index in [9.17, 15) is 18.4 Å². The van der Waals surface area contributed by atoms with E-state index in [0.29, 0.717) is 14.6 Å². The molecule has 146 valence electrons. The molecule has 0 aliphatic carbocycles. The second kappa shape index (κ2) is 9.75. The Hall–Kier alpha value is -2.32. The summed E-state index contributed by atoms with van der Waals surface area (Å²) in [4.78, 5) is 27.3. The number of rotatable bonds is 3. The SMILES string of the molecule is CN(C)C(=O)c1cc(Br)ccc1F.O=C(c1ccc[nH]1)c1cc(Br)ccc1F. The van der Waals surface area contributed by atoms with E-state index in [1.54, 1.807) is 44.6 Å². The molecule has 3 rings (SSSR count). The Morgan fingerprint density at radius 3 is 1.93 bits per heavy atom. The maximum atomic E-state index is 13.4. The van der Waals surface area contributed by atoms with Crippen LogP contribution in [0.3, 0.4) is 0 Å². The quantitative estimate of drug-likeness (QED) is 0.474. The summed E-state index contributed by atoms with van der Waals surface area (Å²) in [6.45, 7) is 0. The van der Waals surface area contributed by atoms with Crippen molar-refractivity contribution in [3.05, 3.63) is 92.1 Å². The third-order valence-electron chi connectivity index (χ3n) is 3.58. The minimum Gasteiger partial charge on any atom is -0.359 e. The Morgan fingerprint density at radius 1 is 0.893 bits per heavy atom. The smallest absolute Gasteiger partial charge is 0.256 e. The predicted molar refractivity (Wildman–Crippen MR) is 110 cm³/mol. The molecule has 0 saturated heterocycles. The fourth-order valence-corrected chi connectivity index (χ4v) is 2.91. The van der Waals surface area contributed by atoms with Gasteiger partial charge in [0.2, 0.25) is 5.78 Å². The molecule has 28 heavy (non-hydrogen) atoms. The van der Waals surface area contributed by atoms with Crippen molar-refractivity contribution in [2.75, 3.05) is 14.1 Å². The highest BCUT2D eigenvalue weighted by molar-refractivity contribution is 9.10. The second-order valence-electron chi connectivity index (χ2n) is 5.86. The van der Waals surface area contributed by atoms with Gasteiger partial charge < -0.3 is 9.88 Å². The molecule has 2 aromatic carbocycles. The molecule has 0 aliphatic rings. The summed E-state index contributed by atoms with van der Waals surface area (Å²) in [7, 11) is 3.17. The molecule has 1 aromatic heterocycles. The summed E-state index contributed by atoms with van der Waals surface area (Å²) >= 11 is 6.38. The number of halogens is 4. The van der Waals surface area contributed by atoms with Gasteiger partial charge in [-0.3, -0.25) is 9.59 Å². The minimum absolute atomic E-state index is 0.0619. The molecular formula is C20H16Br2F2N2O2. The molecular weight excluding hydrogens is 498 g/mol. The number of aromatic amines is 1. The van der Waals surface area contributed by atoms with E-state index in [0.717, 1.165) is 0 Å². The van der Waals surface area contributed by atoms with E-state index in [2.05, 4.69) is 36.8 Å². The van der Waals surface area contributed by atoms with Crippen molar-refractivity contribution in [2.45, 2.75) is 0 Å². The zero-order valence-corrected chi connectivity index (χ0v) is 18.1. The lowest BCUT2D eigenvalue weighted by molar-refractivity contribution is 0.0822. The number of nitrogens with zero attached hydrogens (tertiary/aromatic N) is 1. The zero-order valence-electron chi connectivity index (χ0n) is 15.0. The number of carbonyl (C=O) groups excluding carboxylic acids is 2. The van der Waals surface area contributed by atoms with Crippen LogP contribution in [0.1, 0.15) is 26.4 Å². The van der Waals surface area contributed by atoms with Crippen molar-refractivity contribution in [2.24, 2.45) is 0 Å². The molecule has 0 atom stereocenters. The summed E-state index contributed by atoms with van der Waals surface area (Å²) in [6.07, 6.45) is 1.63. The molecule has 0 fully saturated rings. The Kier molecular flexibility index (Phi) is 7.65. The largest absolute Gasteiger partial charge is 0.359 e. The average molecular weight is 514 g/mol. The van der Waals surface area contributed by atoms with Crippen LogP contribution in [0.25, 0.3) is 0 Å². The monoisotopic (exact) mass is 512 g/mol. The molecule has 1 N–H and O–H groups in total. The first kappa shape index (κ1) is 22.0. The molecule has 0 unspecified atom stereocenters. The van der Waals surface area contributed by atoms with Gasteiger partial charge in [0.05, 0.1) is 16.8 Å². The Bertz CT molecular complexity index is 990. The summed E-state index contributed by atoms with van der Waals surface area (Å²) in [5, 5.41) is 0. The van der Waals surface area contributed by atoms with Gasteiger partial charge >= 0.3 is 0 Å². The number of nitrogens with one attached hydrogen (secondary N) is 1. The first-order valence-electron chi connectivity index (χ1n) is 8.00. The fraction of sp³-hybridized carbons (Fsp3) is 0.100. The van der Waals surface area contributed by atoms with Crippen LogP contribution in [-0.2, 0) is 0 Å². The first-order valence-corrected chi connectivity index (χ1v) is 9.59. The molecule has 0 spiro atoms. The molecule has 1 heterocycles. The van der Waals surface area contributed by atoms with Crippen LogP contribution in [-0.4, -0.2) is 35.7 Å². The number of H-pyrrole nitrogens is 1. The second-order valence-corrected chi connectivity index (χ2v) is 7.69. The molecule has 0 saturated carbocycles. The summed E-state index contributed by atoms with van der Waals surface area (Å²) in [5.74, 6) is -1.70. The van der Waals surface area contributed by atoms with Crippen molar-refractivity contribution >= 4 is 43.6 Å². The Balaban J connectivity index is 0.000000203. The van der Waals surface area contributed by atoms with E-state index >= 15 is 0 Å². The number of amides is 1. The number of aromatic nitrogens is 1. The first-order chi connectivity index (χ1) is 13.2. The topological polar surface area (TPSA) is 53.2 Å². The van der Waals surface area contributed by atoms with Crippen LogP contribution < -0.4 is 0 Å². The van der Waals surface area contributed by atoms with Crippen LogP contribution in [0.15, 0.2) is 63.7 Å². The fourth-order valence-electron chi connectivity index (χ4n) is 2.19. The lowest BCUT2D eigenvalue weighted by Crippen LogP contribution is -2.22.